The number of halogens is 3. The Labute approximate surface area is 84.5 Å². The molecule has 0 aromatic rings. The van der Waals surface area contributed by atoms with E-state index in [2.05, 4.69) is 0 Å². The van der Waals surface area contributed by atoms with Gasteiger partial charge in [-0.1, -0.05) is 6.92 Å². The molecular weight excluding hydrogens is 239 g/mol. The van der Waals surface area contributed by atoms with Crippen molar-refractivity contribution in [3.05, 3.63) is 0 Å². The standard InChI is InChI=1S/C6H10F3NO4S/c1-2-3-10(4-5(11)12)15(13,14)6(7,8)9/h2-4H2,1H3,(H,11,12). The molecule has 0 fully saturated rings. The van der Waals surface area contributed by atoms with Gasteiger partial charge in [0.1, 0.15) is 6.54 Å². The minimum atomic E-state index is -5.54. The molecule has 1 N–H and O–H groups in total. The quantitative estimate of drug-likeness (QED) is 0.775. The van der Waals surface area contributed by atoms with Gasteiger partial charge in [-0.15, -0.1) is 0 Å². The lowest BCUT2D eigenvalue weighted by Crippen LogP contribution is -2.43. The molecule has 0 aliphatic rings. The summed E-state index contributed by atoms with van der Waals surface area (Å²) in [6, 6.07) is 0. The Bertz CT molecular complexity index is 324. The fraction of sp³-hybridized carbons (Fsp3) is 0.833. The van der Waals surface area contributed by atoms with E-state index in [4.69, 9.17) is 5.11 Å². The first-order valence-corrected chi connectivity index (χ1v) is 5.35. The molecule has 0 aromatic heterocycles. The summed E-state index contributed by atoms with van der Waals surface area (Å²) in [6.07, 6.45) is 0.0998. The van der Waals surface area contributed by atoms with Gasteiger partial charge >= 0.3 is 21.5 Å². The monoisotopic (exact) mass is 249 g/mol. The van der Waals surface area contributed by atoms with Crippen molar-refractivity contribution < 1.29 is 31.5 Å². The molecule has 0 heterocycles. The molecule has 0 bridgehead atoms. The fourth-order valence-electron chi connectivity index (χ4n) is 0.831. The van der Waals surface area contributed by atoms with Crippen molar-refractivity contribution in [2.24, 2.45) is 0 Å². The van der Waals surface area contributed by atoms with Crippen LogP contribution in [0.3, 0.4) is 0 Å². The second-order valence-corrected chi connectivity index (χ2v) is 4.61. The number of carboxylic acids is 1. The smallest absolute Gasteiger partial charge is 0.480 e. The maximum atomic E-state index is 12.0. The van der Waals surface area contributed by atoms with Crippen LogP contribution >= 0.6 is 0 Å². The molecule has 0 radical (unpaired) electrons. The Morgan fingerprint density at radius 3 is 2.13 bits per heavy atom. The van der Waals surface area contributed by atoms with Gasteiger partial charge in [-0.3, -0.25) is 4.79 Å². The van der Waals surface area contributed by atoms with Crippen molar-refractivity contribution in [1.82, 2.24) is 4.31 Å². The largest absolute Gasteiger partial charge is 0.511 e. The number of sulfonamides is 1. The third-order valence-corrected chi connectivity index (χ3v) is 2.99. The molecule has 0 rings (SSSR count). The molecule has 15 heavy (non-hydrogen) atoms. The number of aliphatic carboxylic acids is 1. The summed E-state index contributed by atoms with van der Waals surface area (Å²) in [5, 5.41) is 8.27. The van der Waals surface area contributed by atoms with Gasteiger partial charge in [0.2, 0.25) is 0 Å². The molecule has 5 nitrogen and oxygen atoms in total. The zero-order valence-electron chi connectivity index (χ0n) is 7.78. The predicted octanol–water partition coefficient (Wildman–Crippen LogP) is 0.633. The number of hydrogen-bond acceptors (Lipinski definition) is 3. The van der Waals surface area contributed by atoms with E-state index < -0.39 is 34.6 Å². The minimum Gasteiger partial charge on any atom is -0.480 e. The summed E-state index contributed by atoms with van der Waals surface area (Å²) in [5.41, 5.74) is -5.46. The molecule has 0 aromatic carbocycles. The maximum absolute atomic E-state index is 12.0. The molecule has 0 saturated heterocycles. The number of nitrogens with zero attached hydrogens (tertiary/aromatic N) is 1. The molecule has 0 saturated carbocycles. The summed E-state index contributed by atoms with van der Waals surface area (Å²) in [4.78, 5) is 10.2. The van der Waals surface area contributed by atoms with Crippen LogP contribution < -0.4 is 0 Å². The minimum absolute atomic E-state index is 0.0998. The summed E-state index contributed by atoms with van der Waals surface area (Å²) in [5.74, 6) is -1.63. The van der Waals surface area contributed by atoms with E-state index in [-0.39, 0.29) is 10.7 Å². The van der Waals surface area contributed by atoms with Gasteiger partial charge < -0.3 is 5.11 Å². The highest BCUT2D eigenvalue weighted by molar-refractivity contribution is 7.90. The highest BCUT2D eigenvalue weighted by Crippen LogP contribution is 2.26. The number of hydrogen-bond donors (Lipinski definition) is 1. The summed E-state index contributed by atoms with van der Waals surface area (Å²) < 4.78 is 57.6. The first-order valence-electron chi connectivity index (χ1n) is 3.91. The van der Waals surface area contributed by atoms with Crippen LogP contribution in [0.15, 0.2) is 0 Å². The van der Waals surface area contributed by atoms with E-state index in [1.54, 1.807) is 0 Å². The van der Waals surface area contributed by atoms with Crippen LogP contribution in [0.25, 0.3) is 0 Å². The maximum Gasteiger partial charge on any atom is 0.511 e. The lowest BCUT2D eigenvalue weighted by Gasteiger charge is -2.20. The summed E-state index contributed by atoms with van der Waals surface area (Å²) >= 11 is 0. The number of carboxylic acid groups (broad SMARTS) is 1. The van der Waals surface area contributed by atoms with Crippen LogP contribution in [0.4, 0.5) is 13.2 Å². The molecule has 0 atom stereocenters. The van der Waals surface area contributed by atoms with E-state index in [0.29, 0.717) is 0 Å². The lowest BCUT2D eigenvalue weighted by atomic mass is 10.5. The van der Waals surface area contributed by atoms with Gasteiger partial charge in [-0.05, 0) is 6.42 Å². The van der Waals surface area contributed by atoms with E-state index in [9.17, 15) is 26.4 Å². The second-order valence-electron chi connectivity index (χ2n) is 2.68. The third-order valence-electron chi connectivity index (χ3n) is 1.42. The lowest BCUT2D eigenvalue weighted by molar-refractivity contribution is -0.137. The van der Waals surface area contributed by atoms with Crippen LogP contribution in [-0.2, 0) is 14.8 Å². The van der Waals surface area contributed by atoms with Gasteiger partial charge in [0.25, 0.3) is 0 Å². The van der Waals surface area contributed by atoms with Crippen LogP contribution in [0, 0.1) is 0 Å². The Morgan fingerprint density at radius 1 is 1.40 bits per heavy atom. The second kappa shape index (κ2) is 4.79. The van der Waals surface area contributed by atoms with E-state index in [1.165, 1.54) is 6.92 Å². The van der Waals surface area contributed by atoms with Crippen molar-refractivity contribution in [3.63, 3.8) is 0 Å². The predicted molar refractivity (Wildman–Crippen MR) is 44.5 cm³/mol. The van der Waals surface area contributed by atoms with Crippen LogP contribution in [0.5, 0.6) is 0 Å². The highest BCUT2D eigenvalue weighted by atomic mass is 32.2. The number of carbonyl (C=O) groups is 1. The van der Waals surface area contributed by atoms with Crippen molar-refractivity contribution in [2.45, 2.75) is 18.9 Å². The average Bonchev–Trinajstić information content (AvgIpc) is 2.00. The van der Waals surface area contributed by atoms with Crippen molar-refractivity contribution in [3.8, 4) is 0 Å². The molecule has 0 unspecified atom stereocenters. The number of alkyl halides is 3. The summed E-state index contributed by atoms with van der Waals surface area (Å²) in [7, 11) is -5.54. The normalized spacial score (nSPS) is 13.1. The van der Waals surface area contributed by atoms with E-state index >= 15 is 0 Å². The third kappa shape index (κ3) is 3.67. The fourth-order valence-corrected chi connectivity index (χ4v) is 1.83. The molecule has 0 spiro atoms. The van der Waals surface area contributed by atoms with Crippen molar-refractivity contribution in [1.29, 1.82) is 0 Å². The highest BCUT2D eigenvalue weighted by Gasteiger charge is 2.50. The Hall–Kier alpha value is -0.830. The molecule has 0 aliphatic carbocycles. The van der Waals surface area contributed by atoms with Crippen molar-refractivity contribution in [2.75, 3.05) is 13.1 Å². The zero-order valence-corrected chi connectivity index (χ0v) is 8.60. The van der Waals surface area contributed by atoms with Crippen molar-refractivity contribution >= 4 is 16.0 Å². The van der Waals surface area contributed by atoms with E-state index in [1.807, 2.05) is 0 Å². The van der Waals surface area contributed by atoms with Gasteiger partial charge in [0.05, 0.1) is 0 Å². The van der Waals surface area contributed by atoms with Gasteiger partial charge in [0.15, 0.2) is 0 Å². The first kappa shape index (κ1) is 14.2. The molecule has 90 valence electrons. The van der Waals surface area contributed by atoms with Crippen LogP contribution in [-0.4, -0.2) is 42.4 Å². The SMILES string of the molecule is CCCN(CC(=O)O)S(=O)(=O)C(F)(F)F. The molecule has 0 amide bonds. The molecular formula is C6H10F3NO4S. The Kier molecular flexibility index (Phi) is 4.53. The molecule has 0 aliphatic heterocycles. The molecule has 9 heteroatoms. The zero-order chi connectivity index (χ0) is 12.3. The van der Waals surface area contributed by atoms with Crippen LogP contribution in [0.2, 0.25) is 0 Å². The van der Waals surface area contributed by atoms with Crippen LogP contribution in [0.1, 0.15) is 13.3 Å². The van der Waals surface area contributed by atoms with Gasteiger partial charge in [-0.2, -0.15) is 17.5 Å². The van der Waals surface area contributed by atoms with E-state index in [0.717, 1.165) is 0 Å². The first-order chi connectivity index (χ1) is 6.63. The summed E-state index contributed by atoms with van der Waals surface area (Å²) in [6.45, 7) is -0.218. The average molecular weight is 249 g/mol. The number of rotatable bonds is 5. The van der Waals surface area contributed by atoms with Gasteiger partial charge in [-0.25, -0.2) is 8.42 Å². The van der Waals surface area contributed by atoms with Gasteiger partial charge in [0, 0.05) is 6.54 Å². The topological polar surface area (TPSA) is 74.7 Å². The Morgan fingerprint density at radius 2 is 1.87 bits per heavy atom. The Balaban J connectivity index is 5.00.